The second-order valence-corrected chi connectivity index (χ2v) is 4.58. The smallest absolute Gasteiger partial charge is 0.0836 e. The van der Waals surface area contributed by atoms with Crippen LogP contribution < -0.4 is 0 Å². The summed E-state index contributed by atoms with van der Waals surface area (Å²) in [4.78, 5) is 5.81. The molecule has 0 bridgehead atoms. The number of hydrogen-bond donors (Lipinski definition) is 0. The lowest BCUT2D eigenvalue weighted by atomic mass is 10.1. The van der Waals surface area contributed by atoms with E-state index >= 15 is 0 Å². The molecular formula is C12H11NS. The maximum atomic E-state index is 4.50. The van der Waals surface area contributed by atoms with Crippen molar-refractivity contribution in [3.63, 3.8) is 0 Å². The van der Waals surface area contributed by atoms with E-state index in [0.717, 1.165) is 0 Å². The number of fused-ring (bicyclic) bond motifs is 1. The highest BCUT2D eigenvalue weighted by Gasteiger charge is 2.16. The molecule has 2 aromatic heterocycles. The largest absolute Gasteiger partial charge is 0.255 e. The van der Waals surface area contributed by atoms with Gasteiger partial charge in [0.05, 0.1) is 10.6 Å². The lowest BCUT2D eigenvalue weighted by Gasteiger charge is -2.04. The fourth-order valence-electron chi connectivity index (χ4n) is 2.13. The van der Waals surface area contributed by atoms with Crippen LogP contribution in [0, 0.1) is 0 Å². The summed E-state index contributed by atoms with van der Waals surface area (Å²) >= 11 is 1.78. The Bertz CT molecular complexity index is 445. The average Bonchev–Trinajstić information content (AvgIpc) is 2.88. The molecule has 0 fully saturated rings. The first kappa shape index (κ1) is 8.18. The minimum Gasteiger partial charge on any atom is -0.255 e. The summed E-state index contributed by atoms with van der Waals surface area (Å²) < 4.78 is 0. The third-order valence-electron chi connectivity index (χ3n) is 2.78. The van der Waals surface area contributed by atoms with Crippen LogP contribution in [0.1, 0.15) is 17.5 Å². The van der Waals surface area contributed by atoms with Crippen molar-refractivity contribution in [1.29, 1.82) is 0 Å². The van der Waals surface area contributed by atoms with Gasteiger partial charge < -0.3 is 0 Å². The van der Waals surface area contributed by atoms with E-state index in [-0.39, 0.29) is 0 Å². The molecule has 2 heteroatoms. The molecule has 14 heavy (non-hydrogen) atoms. The van der Waals surface area contributed by atoms with Crippen LogP contribution in [0.2, 0.25) is 0 Å². The minimum absolute atomic E-state index is 1.20. The molecule has 0 N–H and O–H groups in total. The van der Waals surface area contributed by atoms with Crippen LogP contribution in [-0.4, -0.2) is 4.98 Å². The van der Waals surface area contributed by atoms with E-state index in [9.17, 15) is 0 Å². The van der Waals surface area contributed by atoms with Gasteiger partial charge in [0.15, 0.2) is 0 Å². The van der Waals surface area contributed by atoms with E-state index < -0.39 is 0 Å². The zero-order valence-corrected chi connectivity index (χ0v) is 8.68. The van der Waals surface area contributed by atoms with Gasteiger partial charge in [-0.25, -0.2) is 0 Å². The van der Waals surface area contributed by atoms with E-state index in [1.54, 1.807) is 11.3 Å². The normalized spacial score (nSPS) is 14.3. The Morgan fingerprint density at radius 2 is 2.21 bits per heavy atom. The molecule has 0 aromatic carbocycles. The average molecular weight is 201 g/mol. The van der Waals surface area contributed by atoms with Gasteiger partial charge in [-0.15, -0.1) is 11.3 Å². The molecule has 0 atom stereocenters. The number of aromatic nitrogens is 1. The predicted molar refractivity (Wildman–Crippen MR) is 59.6 cm³/mol. The van der Waals surface area contributed by atoms with Gasteiger partial charge in [-0.2, -0.15) is 0 Å². The Morgan fingerprint density at radius 1 is 1.21 bits per heavy atom. The second kappa shape index (κ2) is 3.21. The lowest BCUT2D eigenvalue weighted by Crippen LogP contribution is -1.89. The number of hydrogen-bond acceptors (Lipinski definition) is 2. The molecule has 0 spiro atoms. The van der Waals surface area contributed by atoms with Crippen LogP contribution in [-0.2, 0) is 12.8 Å². The Labute approximate surface area is 87.4 Å². The molecule has 1 aliphatic carbocycles. The summed E-state index contributed by atoms with van der Waals surface area (Å²) in [6.07, 6.45) is 5.67. The van der Waals surface area contributed by atoms with Crippen molar-refractivity contribution in [2.75, 3.05) is 0 Å². The van der Waals surface area contributed by atoms with Crippen LogP contribution >= 0.6 is 11.3 Å². The number of nitrogens with zero attached hydrogens (tertiary/aromatic N) is 1. The quantitative estimate of drug-likeness (QED) is 0.690. The van der Waals surface area contributed by atoms with E-state index in [1.807, 2.05) is 6.20 Å². The first-order valence-electron chi connectivity index (χ1n) is 4.96. The lowest BCUT2D eigenvalue weighted by molar-refractivity contribution is 0.912. The highest BCUT2D eigenvalue weighted by Crippen LogP contribution is 2.32. The van der Waals surface area contributed by atoms with Crippen molar-refractivity contribution in [2.24, 2.45) is 0 Å². The van der Waals surface area contributed by atoms with Crippen molar-refractivity contribution in [1.82, 2.24) is 4.98 Å². The highest BCUT2D eigenvalue weighted by molar-refractivity contribution is 7.13. The topological polar surface area (TPSA) is 12.9 Å². The molecular weight excluding hydrogens is 190 g/mol. The molecule has 0 saturated carbocycles. The van der Waals surface area contributed by atoms with E-state index in [4.69, 9.17) is 0 Å². The molecule has 0 saturated heterocycles. The molecule has 2 aromatic rings. The van der Waals surface area contributed by atoms with Crippen molar-refractivity contribution in [3.8, 4) is 10.6 Å². The van der Waals surface area contributed by atoms with Crippen LogP contribution in [0.5, 0.6) is 0 Å². The van der Waals surface area contributed by atoms with Gasteiger partial charge in [0.25, 0.3) is 0 Å². The summed E-state index contributed by atoms with van der Waals surface area (Å²) in [5, 5.41) is 2.12. The van der Waals surface area contributed by atoms with Gasteiger partial charge in [0.1, 0.15) is 0 Å². The van der Waals surface area contributed by atoms with Gasteiger partial charge in [-0.05, 0) is 47.9 Å². The maximum absolute atomic E-state index is 4.50. The fraction of sp³-hybridized carbons (Fsp3) is 0.250. The molecule has 0 radical (unpaired) electrons. The third kappa shape index (κ3) is 1.18. The summed E-state index contributed by atoms with van der Waals surface area (Å²) in [6, 6.07) is 6.42. The zero-order chi connectivity index (χ0) is 9.38. The Balaban J connectivity index is 2.20. The maximum Gasteiger partial charge on any atom is 0.0836 e. The van der Waals surface area contributed by atoms with Crippen LogP contribution in [0.3, 0.4) is 0 Å². The molecule has 70 valence electrons. The molecule has 0 unspecified atom stereocenters. The number of rotatable bonds is 1. The predicted octanol–water partition coefficient (Wildman–Crippen LogP) is 3.30. The molecule has 3 rings (SSSR count). The standard InChI is InChI=1S/C12H11NS/c1-3-9-6-7-13-12(10(9)4-1)11-5-2-8-14-11/h2,5-8H,1,3-4H2. The van der Waals surface area contributed by atoms with Crippen molar-refractivity contribution in [3.05, 3.63) is 40.9 Å². The van der Waals surface area contributed by atoms with Gasteiger partial charge >= 0.3 is 0 Å². The van der Waals surface area contributed by atoms with Crippen molar-refractivity contribution >= 4 is 11.3 Å². The van der Waals surface area contributed by atoms with E-state index in [1.165, 1.54) is 41.0 Å². The third-order valence-corrected chi connectivity index (χ3v) is 3.66. The summed E-state index contributed by atoms with van der Waals surface area (Å²) in [7, 11) is 0. The zero-order valence-electron chi connectivity index (χ0n) is 7.86. The monoisotopic (exact) mass is 201 g/mol. The molecule has 2 heterocycles. The van der Waals surface area contributed by atoms with Crippen LogP contribution in [0.15, 0.2) is 29.8 Å². The first-order valence-corrected chi connectivity index (χ1v) is 5.84. The van der Waals surface area contributed by atoms with E-state index in [2.05, 4.69) is 28.6 Å². The number of aryl methyl sites for hydroxylation is 1. The second-order valence-electron chi connectivity index (χ2n) is 3.63. The summed E-state index contributed by atoms with van der Waals surface area (Å²) in [5.74, 6) is 0. The summed E-state index contributed by atoms with van der Waals surface area (Å²) in [6.45, 7) is 0. The molecule has 0 aliphatic heterocycles. The van der Waals surface area contributed by atoms with Crippen molar-refractivity contribution < 1.29 is 0 Å². The van der Waals surface area contributed by atoms with Gasteiger partial charge in [0.2, 0.25) is 0 Å². The highest BCUT2D eigenvalue weighted by atomic mass is 32.1. The molecule has 0 amide bonds. The SMILES string of the molecule is c1csc(-c2nccc3c2CCC3)c1. The van der Waals surface area contributed by atoms with Crippen LogP contribution in [0.4, 0.5) is 0 Å². The number of thiophene rings is 1. The fourth-order valence-corrected chi connectivity index (χ4v) is 2.88. The van der Waals surface area contributed by atoms with Crippen molar-refractivity contribution in [2.45, 2.75) is 19.3 Å². The summed E-state index contributed by atoms with van der Waals surface area (Å²) in [5.41, 5.74) is 4.20. The first-order chi connectivity index (χ1) is 6.95. The van der Waals surface area contributed by atoms with Crippen LogP contribution in [0.25, 0.3) is 10.6 Å². The molecule has 1 nitrogen and oxygen atoms in total. The Hall–Kier alpha value is -1.15. The van der Waals surface area contributed by atoms with E-state index in [0.29, 0.717) is 0 Å². The molecule has 1 aliphatic rings. The number of pyridine rings is 1. The minimum atomic E-state index is 1.20. The Morgan fingerprint density at radius 3 is 3.07 bits per heavy atom. The van der Waals surface area contributed by atoms with Gasteiger partial charge in [-0.1, -0.05) is 6.07 Å². The van der Waals surface area contributed by atoms with Gasteiger partial charge in [0, 0.05) is 6.20 Å². The Kier molecular flexibility index (Phi) is 1.88. The van der Waals surface area contributed by atoms with Gasteiger partial charge in [-0.3, -0.25) is 4.98 Å².